The summed E-state index contributed by atoms with van der Waals surface area (Å²) >= 11 is -0.1000. The van der Waals surface area contributed by atoms with Gasteiger partial charge in [0.2, 0.25) is 6.61 Å². The Labute approximate surface area is 108 Å². The molecule has 0 radical (unpaired) electrons. The number of carbonyl (C=O) groups is 1. The summed E-state index contributed by atoms with van der Waals surface area (Å²) in [5.41, 5.74) is 0. The van der Waals surface area contributed by atoms with Crippen LogP contribution in [0.25, 0.3) is 0 Å². The van der Waals surface area contributed by atoms with Crippen LogP contribution in [0.5, 0.6) is 0 Å². The summed E-state index contributed by atoms with van der Waals surface area (Å²) in [4.78, 5) is 9.67. The third-order valence-electron chi connectivity index (χ3n) is 1.03. The van der Waals surface area contributed by atoms with Crippen LogP contribution in [-0.2, 0) is 38.0 Å². The van der Waals surface area contributed by atoms with E-state index in [0.29, 0.717) is 0 Å². The van der Waals surface area contributed by atoms with Gasteiger partial charge in [0.1, 0.15) is 13.5 Å². The molecule has 0 aliphatic heterocycles. The van der Waals surface area contributed by atoms with Gasteiger partial charge in [0, 0.05) is 0 Å². The second-order valence-corrected chi connectivity index (χ2v) is 3.46. The second kappa shape index (κ2) is 13.9. The van der Waals surface area contributed by atoms with E-state index in [1.165, 1.54) is 0 Å². The van der Waals surface area contributed by atoms with Crippen LogP contribution >= 0.6 is 0 Å². The number of aliphatic hydroxyl groups is 1. The minimum absolute atomic E-state index is 0.1000. The van der Waals surface area contributed by atoms with Crippen molar-refractivity contribution in [3.05, 3.63) is 13.8 Å². The van der Waals surface area contributed by atoms with Gasteiger partial charge in [-0.1, -0.05) is 0 Å². The topological polar surface area (TPSA) is 63.6 Å². The molecule has 6 heteroatoms. The van der Waals surface area contributed by atoms with Crippen molar-refractivity contribution in [3.63, 3.8) is 0 Å². The summed E-state index contributed by atoms with van der Waals surface area (Å²) in [5, 5.41) is 8.39. The Hall–Kier alpha value is -0.148. The van der Waals surface area contributed by atoms with Gasteiger partial charge in [-0.25, -0.2) is 0 Å². The number of aliphatic hydroxyl groups excluding tert-OH is 1. The van der Waals surface area contributed by atoms with E-state index >= 15 is 0 Å². The fraction of sp³-hybridized carbons (Fsp3) is 0.667. The number of rotatable bonds is 3. The molecule has 0 aliphatic carbocycles. The number of quaternary nitrogens is 1. The van der Waals surface area contributed by atoms with Crippen LogP contribution in [0.15, 0.2) is 0 Å². The molecular weight excluding hydrogens is 299 g/mol. The molecule has 0 heterocycles. The van der Waals surface area contributed by atoms with E-state index in [1.54, 1.807) is 0 Å². The van der Waals surface area contributed by atoms with E-state index < -0.39 is 5.97 Å². The minimum atomic E-state index is -0.523. The number of ether oxygens (including phenoxy) is 1. The monoisotopic (exact) mass is 320 g/mol. The molecule has 5 nitrogen and oxygen atoms in total. The van der Waals surface area contributed by atoms with Crippen LogP contribution in [0.4, 0.5) is 0 Å². The van der Waals surface area contributed by atoms with Gasteiger partial charge in [0.05, 0.1) is 27.7 Å². The molecule has 0 saturated heterocycles. The molecule has 0 aromatic heterocycles. The first-order valence-corrected chi connectivity index (χ1v) is 5.96. The molecule has 0 unspecified atom stereocenters. The van der Waals surface area contributed by atoms with Crippen molar-refractivity contribution in [2.24, 2.45) is 0 Å². The van der Waals surface area contributed by atoms with Gasteiger partial charge in [0.25, 0.3) is 0 Å². The summed E-state index contributed by atoms with van der Waals surface area (Å²) in [6, 6.07) is 0. The van der Waals surface area contributed by atoms with Crippen molar-refractivity contribution < 1.29 is 47.6 Å². The van der Waals surface area contributed by atoms with Crippen molar-refractivity contribution in [2.45, 2.75) is 0 Å². The van der Waals surface area contributed by atoms with Crippen LogP contribution in [0.1, 0.15) is 0 Å². The predicted molar refractivity (Wildman–Crippen MR) is 52.3 cm³/mol. The molecule has 0 amide bonds. The third kappa shape index (κ3) is 41.4. The average molecular weight is 319 g/mol. The molecule has 0 rings (SSSR count). The molecule has 0 atom stereocenters. The van der Waals surface area contributed by atoms with Crippen LogP contribution in [-0.4, -0.2) is 56.5 Å². The molecule has 0 bridgehead atoms. The van der Waals surface area contributed by atoms with Gasteiger partial charge < -0.3 is 14.3 Å². The van der Waals surface area contributed by atoms with Gasteiger partial charge in [-0.05, 0) is 0 Å². The Kier molecular flexibility index (Phi) is 18.7. The number of hydrogen-bond acceptors (Lipinski definition) is 4. The molecule has 0 fully saturated rings. The van der Waals surface area contributed by atoms with E-state index in [0.717, 1.165) is 11.0 Å². The summed E-state index contributed by atoms with van der Waals surface area (Å²) in [6.45, 7) is 7.45. The van der Waals surface area contributed by atoms with Crippen LogP contribution < -0.4 is 0 Å². The number of nitrogens with zero attached hydrogens (tertiary/aromatic N) is 1. The van der Waals surface area contributed by atoms with Crippen molar-refractivity contribution >= 4 is 5.97 Å². The quantitative estimate of drug-likeness (QED) is 0.338. The van der Waals surface area contributed by atoms with Gasteiger partial charge >= 0.3 is 28.5 Å². The van der Waals surface area contributed by atoms with E-state index in [9.17, 15) is 4.79 Å². The molecule has 0 aromatic carbocycles. The second-order valence-electron chi connectivity index (χ2n) is 3.46. The van der Waals surface area contributed by atoms with Crippen molar-refractivity contribution in [2.75, 3.05) is 40.9 Å². The Morgan fingerprint density at radius 1 is 1.47 bits per heavy atom. The number of likely N-dealkylation sites (N-methyl/N-ethyl adjacent to an activating group) is 1. The van der Waals surface area contributed by atoms with Crippen LogP contribution in [0.3, 0.4) is 0 Å². The standard InChI is InChI=1S/C5H14NO.C4H6O2.Cd.O/c1-6(2,3)4-5-7;1-3-6-4(2)5;;/h7H,4-5H2,1-3H3;1-3H2;;/q+1;;;. The predicted octanol–water partition coefficient (Wildman–Crippen LogP) is -0.239. The zero-order valence-electron chi connectivity index (χ0n) is 9.86. The van der Waals surface area contributed by atoms with E-state index in [2.05, 4.69) is 39.7 Å². The Balaban J connectivity index is -0.000000166. The summed E-state index contributed by atoms with van der Waals surface area (Å²) in [7, 11) is 6.16. The first-order chi connectivity index (χ1) is 6.83. The average Bonchev–Trinajstić information content (AvgIpc) is 2.06. The summed E-state index contributed by atoms with van der Waals surface area (Å²) in [6.07, 6.45) is 0. The van der Waals surface area contributed by atoms with Gasteiger partial charge in [0.15, 0.2) is 5.97 Å². The SMILES string of the molecule is C[N+](C)(C)CCO.[CH2+]COC([CH2-])=O.[O]=[Cd]. The third-order valence-corrected chi connectivity index (χ3v) is 1.03. The van der Waals surface area contributed by atoms with Gasteiger partial charge in [-0.2, -0.15) is 0 Å². The van der Waals surface area contributed by atoms with Crippen LogP contribution in [0, 0.1) is 13.8 Å². The summed E-state index contributed by atoms with van der Waals surface area (Å²) in [5.74, 6) is -0.523. The van der Waals surface area contributed by atoms with Gasteiger partial charge in [-0.3, -0.25) is 11.7 Å². The fourth-order valence-corrected chi connectivity index (χ4v) is 0.414. The van der Waals surface area contributed by atoms with Crippen molar-refractivity contribution in [3.8, 4) is 0 Å². The van der Waals surface area contributed by atoms with Crippen molar-refractivity contribution in [1.29, 1.82) is 0 Å². The molecule has 0 saturated carbocycles. The zero-order valence-corrected chi connectivity index (χ0v) is 13.9. The molecular formula is C9H20CdNO4+. The number of hydrogen-bond donors (Lipinski definition) is 1. The Morgan fingerprint density at radius 3 is 1.87 bits per heavy atom. The maximum atomic E-state index is 9.67. The normalized spacial score (nSPS) is 8.93. The Bertz CT molecular complexity index is 148. The maximum absolute atomic E-state index is 9.67. The summed E-state index contributed by atoms with van der Waals surface area (Å²) < 4.78 is 13.4. The van der Waals surface area contributed by atoms with Crippen molar-refractivity contribution in [1.82, 2.24) is 0 Å². The Morgan fingerprint density at radius 2 is 1.87 bits per heavy atom. The van der Waals surface area contributed by atoms with E-state index in [1.807, 2.05) is 0 Å². The molecule has 0 aromatic rings. The van der Waals surface area contributed by atoms with Gasteiger partial charge in [-0.15, -0.1) is 0 Å². The molecule has 0 spiro atoms. The number of esters is 1. The molecule has 1 N–H and O–H groups in total. The molecule has 0 aliphatic rings. The fourth-order valence-electron chi connectivity index (χ4n) is 0.414. The zero-order chi connectivity index (χ0) is 12.9. The first kappa shape index (κ1) is 20.3. The van der Waals surface area contributed by atoms with Crippen LogP contribution in [0.2, 0.25) is 0 Å². The van der Waals surface area contributed by atoms with E-state index in [-0.39, 0.29) is 39.0 Å². The molecule has 86 valence electrons. The molecule has 15 heavy (non-hydrogen) atoms. The first-order valence-electron chi connectivity index (χ1n) is 4.31. The van der Waals surface area contributed by atoms with E-state index in [4.69, 9.17) is 7.79 Å². The number of carbonyl (C=O) groups excluding carboxylic acids is 1.